The van der Waals surface area contributed by atoms with Crippen LogP contribution in [0.2, 0.25) is 0 Å². The average molecular weight is 578 g/mol. The highest BCUT2D eigenvalue weighted by Gasteiger charge is 2.26. The second kappa shape index (κ2) is 10.4. The third-order valence-electron chi connectivity index (χ3n) is 7.81. The topological polar surface area (TPSA) is 9.72 Å². The van der Waals surface area contributed by atoms with E-state index in [1.54, 1.807) is 0 Å². The third kappa shape index (κ3) is 4.25. The maximum Gasteiger partial charge on any atom is 0.0601 e. The summed E-state index contributed by atoms with van der Waals surface area (Å²) in [4.78, 5) is 12.1. The summed E-state index contributed by atoms with van der Waals surface area (Å²) >= 11 is 3.67. The van der Waals surface area contributed by atoms with Crippen LogP contribution in [-0.2, 0) is 0 Å². The van der Waals surface area contributed by atoms with E-state index in [2.05, 4.69) is 167 Å². The molecule has 0 radical (unpaired) electrons. The van der Waals surface area contributed by atoms with Crippen LogP contribution < -0.4 is 14.7 Å². The molecular weight excluding hydrogens is 551 g/mol. The number of hydrogen-bond acceptors (Lipinski definition) is 5. The van der Waals surface area contributed by atoms with E-state index in [1.165, 1.54) is 42.3 Å². The Bertz CT molecular complexity index is 1720. The molecule has 0 amide bonds. The third-order valence-corrected chi connectivity index (χ3v) is 10.1. The van der Waals surface area contributed by atoms with Gasteiger partial charge in [0.1, 0.15) is 0 Å². The van der Waals surface area contributed by atoms with Crippen LogP contribution in [-0.4, -0.2) is 7.05 Å². The summed E-state index contributed by atoms with van der Waals surface area (Å²) < 4.78 is 0. The van der Waals surface area contributed by atoms with E-state index in [0.717, 1.165) is 22.7 Å². The zero-order chi connectivity index (χ0) is 28.0. The molecule has 0 aliphatic carbocycles. The lowest BCUT2D eigenvalue weighted by molar-refractivity contribution is 1.15. The average Bonchev–Trinajstić information content (AvgIpc) is 3.05. The van der Waals surface area contributed by atoms with Gasteiger partial charge >= 0.3 is 0 Å². The Morgan fingerprint density at radius 3 is 1.10 bits per heavy atom. The van der Waals surface area contributed by atoms with Crippen molar-refractivity contribution in [1.82, 2.24) is 0 Å². The van der Waals surface area contributed by atoms with Crippen LogP contribution in [0.4, 0.5) is 45.5 Å². The summed E-state index contributed by atoms with van der Waals surface area (Å²) in [5.41, 5.74) is 9.40. The molecule has 42 heavy (non-hydrogen) atoms. The van der Waals surface area contributed by atoms with E-state index < -0.39 is 0 Å². The molecule has 0 atom stereocenters. The molecule has 0 aromatic heterocycles. The van der Waals surface area contributed by atoms with Crippen molar-refractivity contribution in [2.45, 2.75) is 19.6 Å². The summed E-state index contributed by atoms with van der Waals surface area (Å²) in [7, 11) is 2.15. The summed E-state index contributed by atoms with van der Waals surface area (Å²) in [5, 5.41) is 0. The first kappa shape index (κ1) is 25.2. The molecular formula is C37H27N3S2. The molecule has 0 saturated heterocycles. The van der Waals surface area contributed by atoms with Gasteiger partial charge in [-0.1, -0.05) is 84.2 Å². The van der Waals surface area contributed by atoms with Gasteiger partial charge < -0.3 is 14.7 Å². The van der Waals surface area contributed by atoms with Crippen molar-refractivity contribution < 1.29 is 0 Å². The maximum atomic E-state index is 2.38. The van der Waals surface area contributed by atoms with Crippen LogP contribution >= 0.6 is 23.5 Å². The first-order valence-corrected chi connectivity index (χ1v) is 15.6. The van der Waals surface area contributed by atoms with Crippen LogP contribution in [0.25, 0.3) is 0 Å². The molecule has 202 valence electrons. The van der Waals surface area contributed by atoms with Gasteiger partial charge in [-0.15, -0.1) is 0 Å². The van der Waals surface area contributed by atoms with Gasteiger partial charge in [0.05, 0.1) is 22.7 Å². The number of rotatable bonds is 4. The van der Waals surface area contributed by atoms with E-state index in [1.807, 2.05) is 23.5 Å². The van der Waals surface area contributed by atoms with Gasteiger partial charge in [-0.2, -0.15) is 0 Å². The first-order chi connectivity index (χ1) is 20.7. The van der Waals surface area contributed by atoms with Crippen molar-refractivity contribution in [1.29, 1.82) is 0 Å². The Morgan fingerprint density at radius 2 is 0.738 bits per heavy atom. The molecule has 0 unspecified atom stereocenters. The minimum absolute atomic E-state index is 1.13. The van der Waals surface area contributed by atoms with Gasteiger partial charge in [0, 0.05) is 49.4 Å². The number of fused-ring (bicyclic) bond motifs is 4. The molecule has 2 aliphatic rings. The van der Waals surface area contributed by atoms with Crippen molar-refractivity contribution >= 4 is 69.0 Å². The Hall–Kier alpha value is -4.58. The van der Waals surface area contributed by atoms with Gasteiger partial charge in [-0.05, 0) is 84.9 Å². The molecule has 2 aliphatic heterocycles. The van der Waals surface area contributed by atoms with Crippen molar-refractivity contribution in [3.8, 4) is 0 Å². The maximum absolute atomic E-state index is 2.38. The number of anilines is 8. The first-order valence-electron chi connectivity index (χ1n) is 14.0. The fourth-order valence-electron chi connectivity index (χ4n) is 5.80. The number of nitrogens with zero attached hydrogens (tertiary/aromatic N) is 3. The molecule has 0 fully saturated rings. The van der Waals surface area contributed by atoms with Crippen LogP contribution in [0.1, 0.15) is 0 Å². The Kier molecular flexibility index (Phi) is 6.20. The van der Waals surface area contributed by atoms with E-state index in [4.69, 9.17) is 0 Å². The van der Waals surface area contributed by atoms with Crippen LogP contribution in [0.15, 0.2) is 165 Å². The number of hydrogen-bond donors (Lipinski definition) is 0. The quantitative estimate of drug-likeness (QED) is 0.205. The van der Waals surface area contributed by atoms with E-state index in [9.17, 15) is 0 Å². The molecule has 3 nitrogen and oxygen atoms in total. The van der Waals surface area contributed by atoms with Crippen molar-refractivity contribution in [2.75, 3.05) is 21.7 Å². The predicted molar refractivity (Wildman–Crippen MR) is 179 cm³/mol. The minimum atomic E-state index is 1.13. The van der Waals surface area contributed by atoms with E-state index >= 15 is 0 Å². The zero-order valence-electron chi connectivity index (χ0n) is 23.0. The lowest BCUT2D eigenvalue weighted by atomic mass is 10.1. The molecule has 0 saturated carbocycles. The largest absolute Gasteiger partial charge is 0.344 e. The second-order valence-corrected chi connectivity index (χ2v) is 12.5. The van der Waals surface area contributed by atoms with Crippen LogP contribution in [0, 0.1) is 0 Å². The molecule has 6 aromatic carbocycles. The number of benzene rings is 6. The number of para-hydroxylation sites is 4. The van der Waals surface area contributed by atoms with Crippen LogP contribution in [0.3, 0.4) is 0 Å². The molecule has 2 heterocycles. The Morgan fingerprint density at radius 1 is 0.405 bits per heavy atom. The molecule has 0 bridgehead atoms. The summed E-state index contributed by atoms with van der Waals surface area (Å²) in [5.74, 6) is 0. The molecule has 0 spiro atoms. The molecule has 5 heteroatoms. The van der Waals surface area contributed by atoms with E-state index in [0.29, 0.717) is 0 Å². The zero-order valence-corrected chi connectivity index (χ0v) is 24.6. The van der Waals surface area contributed by atoms with Crippen molar-refractivity contribution in [3.05, 3.63) is 146 Å². The van der Waals surface area contributed by atoms with Crippen LogP contribution in [0.5, 0.6) is 0 Å². The standard InChI is InChI=1S/C37H27N3S2/c1-38(26-12-10-14-28(24-26)39-30-16-2-6-20-34(30)41-35-21-7-3-17-31(35)39)27-13-11-15-29(25-27)40-32-18-4-8-22-36(32)42-37-23-9-5-19-33(37)40/h2-25H,1H3. The lowest BCUT2D eigenvalue weighted by Gasteiger charge is -2.34. The fraction of sp³-hybridized carbons (Fsp3) is 0.0270. The smallest absolute Gasteiger partial charge is 0.0601 e. The van der Waals surface area contributed by atoms with Crippen molar-refractivity contribution in [2.24, 2.45) is 0 Å². The Labute approximate surface area is 255 Å². The van der Waals surface area contributed by atoms with Gasteiger partial charge in [-0.25, -0.2) is 0 Å². The second-order valence-electron chi connectivity index (χ2n) is 10.3. The van der Waals surface area contributed by atoms with Gasteiger partial charge in [-0.3, -0.25) is 0 Å². The monoisotopic (exact) mass is 577 g/mol. The summed E-state index contributed by atoms with van der Waals surface area (Å²) in [6.45, 7) is 0. The fourth-order valence-corrected chi connectivity index (χ4v) is 7.91. The minimum Gasteiger partial charge on any atom is -0.344 e. The highest BCUT2D eigenvalue weighted by Crippen LogP contribution is 2.53. The van der Waals surface area contributed by atoms with Crippen molar-refractivity contribution in [3.63, 3.8) is 0 Å². The summed E-state index contributed by atoms with van der Waals surface area (Å²) in [6.07, 6.45) is 0. The molecule has 6 aromatic rings. The molecule has 8 rings (SSSR count). The highest BCUT2D eigenvalue weighted by atomic mass is 32.2. The highest BCUT2D eigenvalue weighted by molar-refractivity contribution is 8.00. The predicted octanol–water partition coefficient (Wildman–Crippen LogP) is 11.3. The Balaban J connectivity index is 1.19. The van der Waals surface area contributed by atoms with Gasteiger partial charge in [0.15, 0.2) is 0 Å². The van der Waals surface area contributed by atoms with E-state index in [-0.39, 0.29) is 0 Å². The normalized spacial score (nSPS) is 13.1. The van der Waals surface area contributed by atoms with Gasteiger partial charge in [0.25, 0.3) is 0 Å². The lowest BCUT2D eigenvalue weighted by Crippen LogP contribution is -2.17. The van der Waals surface area contributed by atoms with Gasteiger partial charge in [0.2, 0.25) is 0 Å². The SMILES string of the molecule is CN(c1cccc(N2c3ccccc3Sc3ccccc32)c1)c1cccc(N2c3ccccc3Sc3ccccc32)c1. The summed E-state index contributed by atoms with van der Waals surface area (Å²) in [6, 6.07) is 52.3. The molecule has 0 N–H and O–H groups in total.